The van der Waals surface area contributed by atoms with E-state index in [1.165, 1.54) is 6.20 Å². The van der Waals surface area contributed by atoms with Gasteiger partial charge in [0.15, 0.2) is 17.8 Å². The third kappa shape index (κ3) is 2.11. The maximum Gasteiger partial charge on any atom is 0.161 e. The van der Waals surface area contributed by atoms with Crippen LogP contribution in [-0.2, 0) is 0 Å². The zero-order valence-electron chi connectivity index (χ0n) is 9.86. The fraction of sp³-hybridized carbons (Fsp3) is 0.167. The Bertz CT molecular complexity index is 581. The van der Waals surface area contributed by atoms with Crippen LogP contribution in [0.2, 0.25) is 0 Å². The highest BCUT2D eigenvalue weighted by atomic mass is 79.9. The number of rotatable bonds is 4. The number of halogens is 1. The van der Waals surface area contributed by atoms with Gasteiger partial charge in [-0.25, -0.2) is 0 Å². The molecule has 0 bridgehead atoms. The molecule has 2 rings (SSSR count). The van der Waals surface area contributed by atoms with Crippen LogP contribution in [0.5, 0.6) is 11.5 Å². The molecule has 0 radical (unpaired) electrons. The number of nitrogens with one attached hydrogen (secondary N) is 1. The molecule has 0 saturated carbocycles. The van der Waals surface area contributed by atoms with Gasteiger partial charge in [0.2, 0.25) is 0 Å². The molecule has 1 aromatic heterocycles. The molecule has 1 N–H and O–H groups in total. The van der Waals surface area contributed by atoms with Crippen molar-refractivity contribution in [2.24, 2.45) is 0 Å². The average Bonchev–Trinajstić information content (AvgIpc) is 2.86. The molecule has 0 saturated heterocycles. The summed E-state index contributed by atoms with van der Waals surface area (Å²) < 4.78 is 11.2. The summed E-state index contributed by atoms with van der Waals surface area (Å²) in [6.45, 7) is 0. The number of ether oxygens (including phenoxy) is 2. The summed E-state index contributed by atoms with van der Waals surface area (Å²) >= 11 is 3.44. The molecule has 1 aromatic carbocycles. The van der Waals surface area contributed by atoms with Crippen molar-refractivity contribution in [2.75, 3.05) is 14.2 Å². The molecular formula is C12H11BrN2O3. The highest BCUT2D eigenvalue weighted by molar-refractivity contribution is 9.10. The number of aromatic nitrogens is 2. The molecule has 0 aliphatic rings. The molecule has 0 aliphatic carbocycles. The Kier molecular flexibility index (Phi) is 3.66. The number of hydrogen-bond acceptors (Lipinski definition) is 4. The number of hydrogen-bond donors (Lipinski definition) is 1. The molecule has 0 spiro atoms. The summed E-state index contributed by atoms with van der Waals surface area (Å²) in [7, 11) is 3.13. The van der Waals surface area contributed by atoms with Crippen molar-refractivity contribution >= 4 is 22.2 Å². The fourth-order valence-electron chi connectivity index (χ4n) is 1.65. The van der Waals surface area contributed by atoms with E-state index in [-0.39, 0.29) is 0 Å². The van der Waals surface area contributed by atoms with Gasteiger partial charge in [0.05, 0.1) is 31.7 Å². The first-order valence-corrected chi connectivity index (χ1v) is 5.91. The van der Waals surface area contributed by atoms with Gasteiger partial charge in [-0.3, -0.25) is 9.89 Å². The summed E-state index contributed by atoms with van der Waals surface area (Å²) in [4.78, 5) is 10.9. The minimum absolute atomic E-state index is 0.489. The minimum Gasteiger partial charge on any atom is -0.493 e. The molecule has 2 aromatic rings. The maximum absolute atomic E-state index is 10.9. The Balaban J connectivity index is 2.61. The molecule has 0 atom stereocenters. The summed E-state index contributed by atoms with van der Waals surface area (Å²) in [5.41, 5.74) is 1.91. The van der Waals surface area contributed by atoms with E-state index in [2.05, 4.69) is 26.1 Å². The topological polar surface area (TPSA) is 64.2 Å². The van der Waals surface area contributed by atoms with Gasteiger partial charge in [-0.1, -0.05) is 0 Å². The molecule has 18 heavy (non-hydrogen) atoms. The van der Waals surface area contributed by atoms with E-state index in [0.29, 0.717) is 22.8 Å². The Morgan fingerprint density at radius 3 is 2.56 bits per heavy atom. The Labute approximate surface area is 112 Å². The van der Waals surface area contributed by atoms with Crippen LogP contribution >= 0.6 is 15.9 Å². The fourth-order valence-corrected chi connectivity index (χ4v) is 2.17. The first kappa shape index (κ1) is 12.6. The summed E-state index contributed by atoms with van der Waals surface area (Å²) in [5, 5.41) is 6.65. The molecular weight excluding hydrogens is 300 g/mol. The summed E-state index contributed by atoms with van der Waals surface area (Å²) in [5.74, 6) is 1.20. The van der Waals surface area contributed by atoms with Crippen LogP contribution in [0, 0.1) is 0 Å². The van der Waals surface area contributed by atoms with Crippen LogP contribution in [0.25, 0.3) is 11.3 Å². The average molecular weight is 311 g/mol. The smallest absolute Gasteiger partial charge is 0.161 e. The van der Waals surface area contributed by atoms with Gasteiger partial charge in [0, 0.05) is 10.0 Å². The van der Waals surface area contributed by atoms with Gasteiger partial charge in [0.1, 0.15) is 0 Å². The Morgan fingerprint density at radius 1 is 1.28 bits per heavy atom. The van der Waals surface area contributed by atoms with Crippen molar-refractivity contribution in [2.45, 2.75) is 0 Å². The van der Waals surface area contributed by atoms with Crippen LogP contribution in [0.3, 0.4) is 0 Å². The largest absolute Gasteiger partial charge is 0.493 e. The number of aromatic amines is 1. The maximum atomic E-state index is 10.9. The van der Waals surface area contributed by atoms with Crippen LogP contribution in [0.1, 0.15) is 10.4 Å². The van der Waals surface area contributed by atoms with Crippen molar-refractivity contribution in [1.29, 1.82) is 0 Å². The second-order valence-electron chi connectivity index (χ2n) is 3.51. The van der Waals surface area contributed by atoms with Gasteiger partial charge < -0.3 is 9.47 Å². The number of carbonyl (C=O) groups is 1. The van der Waals surface area contributed by atoms with Gasteiger partial charge in [0.25, 0.3) is 0 Å². The standard InChI is InChI=1S/C12H11BrN2O3/c1-17-10-3-8(9(13)4-11(10)18-2)12-7(6-16)5-14-15-12/h3-6H,1-2H3,(H,14,15). The van der Waals surface area contributed by atoms with Gasteiger partial charge >= 0.3 is 0 Å². The van der Waals surface area contributed by atoms with E-state index in [9.17, 15) is 4.79 Å². The van der Waals surface area contributed by atoms with E-state index in [1.807, 2.05) is 0 Å². The lowest BCUT2D eigenvalue weighted by atomic mass is 10.1. The van der Waals surface area contributed by atoms with Crippen LogP contribution in [0.4, 0.5) is 0 Å². The number of benzene rings is 1. The van der Waals surface area contributed by atoms with Crippen LogP contribution in [-0.4, -0.2) is 30.7 Å². The van der Waals surface area contributed by atoms with Crippen molar-refractivity contribution in [3.63, 3.8) is 0 Å². The van der Waals surface area contributed by atoms with Crippen molar-refractivity contribution in [3.05, 3.63) is 28.4 Å². The summed E-state index contributed by atoms with van der Waals surface area (Å²) in [6.07, 6.45) is 2.23. The second-order valence-corrected chi connectivity index (χ2v) is 4.36. The number of methoxy groups -OCH3 is 2. The van der Waals surface area contributed by atoms with Gasteiger partial charge in [-0.05, 0) is 28.1 Å². The lowest BCUT2D eigenvalue weighted by Gasteiger charge is -2.11. The van der Waals surface area contributed by atoms with Crippen LogP contribution in [0.15, 0.2) is 22.8 Å². The molecule has 1 heterocycles. The Hall–Kier alpha value is -1.82. The lowest BCUT2D eigenvalue weighted by Crippen LogP contribution is -1.93. The third-order valence-electron chi connectivity index (χ3n) is 2.54. The zero-order valence-corrected chi connectivity index (χ0v) is 11.4. The van der Waals surface area contributed by atoms with E-state index in [0.717, 1.165) is 16.3 Å². The van der Waals surface area contributed by atoms with Gasteiger partial charge in [-0.2, -0.15) is 5.10 Å². The zero-order chi connectivity index (χ0) is 13.1. The summed E-state index contributed by atoms with van der Waals surface area (Å²) in [6, 6.07) is 3.56. The molecule has 94 valence electrons. The van der Waals surface area contributed by atoms with Gasteiger partial charge in [-0.15, -0.1) is 0 Å². The normalized spacial score (nSPS) is 10.2. The number of carbonyl (C=O) groups excluding carboxylic acids is 1. The Morgan fingerprint density at radius 2 is 1.94 bits per heavy atom. The number of aldehydes is 1. The predicted molar refractivity (Wildman–Crippen MR) is 70.2 cm³/mol. The van der Waals surface area contributed by atoms with Crippen molar-refractivity contribution in [1.82, 2.24) is 10.2 Å². The van der Waals surface area contributed by atoms with E-state index < -0.39 is 0 Å². The number of H-pyrrole nitrogens is 1. The van der Waals surface area contributed by atoms with Crippen molar-refractivity contribution in [3.8, 4) is 22.8 Å². The molecule has 6 heteroatoms. The van der Waals surface area contributed by atoms with E-state index in [1.54, 1.807) is 26.4 Å². The van der Waals surface area contributed by atoms with Crippen molar-refractivity contribution < 1.29 is 14.3 Å². The quantitative estimate of drug-likeness (QED) is 0.882. The first-order valence-electron chi connectivity index (χ1n) is 5.11. The SMILES string of the molecule is COc1cc(Br)c(-c2[nH]ncc2C=O)cc1OC. The second kappa shape index (κ2) is 5.22. The first-order chi connectivity index (χ1) is 8.71. The number of nitrogens with zero attached hydrogens (tertiary/aromatic N) is 1. The molecule has 0 fully saturated rings. The highest BCUT2D eigenvalue weighted by Crippen LogP contribution is 2.38. The lowest BCUT2D eigenvalue weighted by molar-refractivity contribution is 0.112. The van der Waals surface area contributed by atoms with E-state index >= 15 is 0 Å². The third-order valence-corrected chi connectivity index (χ3v) is 3.19. The predicted octanol–water partition coefficient (Wildman–Crippen LogP) is 2.67. The molecule has 5 nitrogen and oxygen atoms in total. The molecule has 0 unspecified atom stereocenters. The van der Waals surface area contributed by atoms with Crippen LogP contribution < -0.4 is 9.47 Å². The highest BCUT2D eigenvalue weighted by Gasteiger charge is 2.15. The molecule has 0 aliphatic heterocycles. The monoisotopic (exact) mass is 310 g/mol. The molecule has 0 amide bonds. The minimum atomic E-state index is 0.489. The van der Waals surface area contributed by atoms with E-state index in [4.69, 9.17) is 9.47 Å².